The van der Waals surface area contributed by atoms with Crippen LogP contribution in [0.25, 0.3) is 5.78 Å². The number of benzene rings is 1. The first-order valence-corrected chi connectivity index (χ1v) is 5.74. The van der Waals surface area contributed by atoms with Crippen LogP contribution in [0.3, 0.4) is 0 Å². The molecule has 19 heavy (non-hydrogen) atoms. The molecule has 0 saturated heterocycles. The van der Waals surface area contributed by atoms with Crippen molar-refractivity contribution in [2.75, 3.05) is 0 Å². The van der Waals surface area contributed by atoms with Crippen molar-refractivity contribution in [3.8, 4) is 0 Å². The number of nitrogens with zero attached hydrogens (tertiary/aromatic N) is 4. The lowest BCUT2D eigenvalue weighted by Gasteiger charge is -1.99. The number of fused-ring (bicyclic) bond motifs is 1. The first-order chi connectivity index (χ1) is 9.25. The van der Waals surface area contributed by atoms with Crippen LogP contribution in [0.4, 0.5) is 0 Å². The molecule has 2 heterocycles. The molecule has 0 aliphatic carbocycles. The maximum Gasteiger partial charge on any atom is 0.352 e. The minimum absolute atomic E-state index is 0.0911. The van der Waals surface area contributed by atoms with E-state index in [9.17, 15) is 9.59 Å². The van der Waals surface area contributed by atoms with Crippen LogP contribution in [0, 0.1) is 0 Å². The number of ketones is 1. The maximum atomic E-state index is 12.0. The molecule has 0 amide bonds. The van der Waals surface area contributed by atoms with Gasteiger partial charge in [0.2, 0.25) is 0 Å². The summed E-state index contributed by atoms with van der Waals surface area (Å²) in [5.41, 5.74) is 0.187. The number of carbonyl (C=O) groups excluding carboxylic acids is 1. The van der Waals surface area contributed by atoms with Gasteiger partial charge in [-0.15, -0.1) is 5.10 Å². The van der Waals surface area contributed by atoms with E-state index in [1.165, 1.54) is 4.40 Å². The van der Waals surface area contributed by atoms with Gasteiger partial charge in [0.05, 0.1) is 0 Å². The van der Waals surface area contributed by atoms with Gasteiger partial charge in [0.15, 0.2) is 5.78 Å². The Kier molecular flexibility index (Phi) is 2.68. The lowest BCUT2D eigenvalue weighted by Crippen LogP contribution is -2.25. The fourth-order valence-electron chi connectivity index (χ4n) is 1.82. The predicted molar refractivity (Wildman–Crippen MR) is 68.0 cm³/mol. The quantitative estimate of drug-likeness (QED) is 0.647. The van der Waals surface area contributed by atoms with E-state index >= 15 is 0 Å². The Labute approximate surface area is 107 Å². The number of Topliss-reactive ketones (excluding diaryl/α,β-unsaturated/α-hetero) is 1. The van der Waals surface area contributed by atoms with Gasteiger partial charge in [-0.3, -0.25) is 4.79 Å². The van der Waals surface area contributed by atoms with Gasteiger partial charge in [-0.25, -0.2) is 18.9 Å². The number of hydrogen-bond acceptors (Lipinski definition) is 4. The van der Waals surface area contributed by atoms with Crippen molar-refractivity contribution in [3.05, 3.63) is 64.8 Å². The molecule has 6 nitrogen and oxygen atoms in total. The number of aromatic nitrogens is 4. The van der Waals surface area contributed by atoms with E-state index < -0.39 is 0 Å². The summed E-state index contributed by atoms with van der Waals surface area (Å²) in [6, 6.07) is 10.4. The van der Waals surface area contributed by atoms with E-state index in [1.807, 2.05) is 6.07 Å². The molecule has 0 bridgehead atoms. The molecule has 1 aromatic carbocycles. The fourth-order valence-corrected chi connectivity index (χ4v) is 1.82. The minimum atomic E-state index is -0.368. The van der Waals surface area contributed by atoms with Crippen LogP contribution in [0.2, 0.25) is 0 Å². The molecule has 0 unspecified atom stereocenters. The smallest absolute Gasteiger partial charge is 0.292 e. The van der Waals surface area contributed by atoms with E-state index in [-0.39, 0.29) is 23.8 Å². The summed E-state index contributed by atoms with van der Waals surface area (Å²) in [4.78, 5) is 27.9. The third-order valence-electron chi connectivity index (χ3n) is 2.75. The van der Waals surface area contributed by atoms with E-state index in [0.29, 0.717) is 5.56 Å². The third kappa shape index (κ3) is 2.03. The molecule has 0 aliphatic heterocycles. The standard InChI is InChI=1S/C13H10N4O2/c18-11(10-5-2-1-3-6-10)9-17-13(19)16-8-4-7-14-12(16)15-17/h1-8H,9H2. The SMILES string of the molecule is O=C(Cn1nc2ncccn2c1=O)c1ccccc1. The molecule has 94 valence electrons. The highest BCUT2D eigenvalue weighted by Crippen LogP contribution is 2.01. The van der Waals surface area contributed by atoms with Crippen molar-refractivity contribution in [1.29, 1.82) is 0 Å². The maximum absolute atomic E-state index is 12.0. The lowest BCUT2D eigenvalue weighted by atomic mass is 10.1. The van der Waals surface area contributed by atoms with Crippen molar-refractivity contribution in [2.24, 2.45) is 0 Å². The summed E-state index contributed by atoms with van der Waals surface area (Å²) in [7, 11) is 0. The van der Waals surface area contributed by atoms with E-state index in [0.717, 1.165) is 4.68 Å². The van der Waals surface area contributed by atoms with Gasteiger partial charge in [0.1, 0.15) is 6.54 Å². The van der Waals surface area contributed by atoms with Crippen LogP contribution in [0.15, 0.2) is 53.6 Å². The van der Waals surface area contributed by atoms with Gasteiger partial charge in [0, 0.05) is 18.0 Å². The molecule has 6 heteroatoms. The molecular formula is C13H10N4O2. The second-order valence-corrected chi connectivity index (χ2v) is 4.02. The van der Waals surface area contributed by atoms with E-state index in [1.54, 1.807) is 42.7 Å². The molecule has 3 rings (SSSR count). The Bertz CT molecular complexity index is 789. The van der Waals surface area contributed by atoms with Crippen LogP contribution in [0.5, 0.6) is 0 Å². The van der Waals surface area contributed by atoms with Crippen molar-refractivity contribution in [1.82, 2.24) is 19.2 Å². The summed E-state index contributed by atoms with van der Waals surface area (Å²) < 4.78 is 2.43. The summed E-state index contributed by atoms with van der Waals surface area (Å²) in [6.07, 6.45) is 3.12. The first kappa shape index (κ1) is 11.3. The average molecular weight is 254 g/mol. The fraction of sp³-hybridized carbons (Fsp3) is 0.0769. The zero-order valence-corrected chi connectivity index (χ0v) is 9.93. The molecule has 0 N–H and O–H groups in total. The average Bonchev–Trinajstić information content (AvgIpc) is 2.77. The highest BCUT2D eigenvalue weighted by atomic mass is 16.2. The predicted octanol–water partition coefficient (Wildman–Crippen LogP) is 0.774. The molecule has 3 aromatic rings. The van der Waals surface area contributed by atoms with E-state index in [4.69, 9.17) is 0 Å². The molecule has 0 saturated carbocycles. The lowest BCUT2D eigenvalue weighted by molar-refractivity contribution is 0.0966. The van der Waals surface area contributed by atoms with Crippen LogP contribution >= 0.6 is 0 Å². The molecular weight excluding hydrogens is 244 g/mol. The van der Waals surface area contributed by atoms with E-state index in [2.05, 4.69) is 10.1 Å². The van der Waals surface area contributed by atoms with Crippen LogP contribution < -0.4 is 5.69 Å². The van der Waals surface area contributed by atoms with Gasteiger partial charge < -0.3 is 0 Å². The molecule has 0 fully saturated rings. The Morgan fingerprint density at radius 1 is 1.16 bits per heavy atom. The normalized spacial score (nSPS) is 10.7. The minimum Gasteiger partial charge on any atom is -0.292 e. The Morgan fingerprint density at radius 2 is 1.95 bits per heavy atom. The Balaban J connectivity index is 1.96. The van der Waals surface area contributed by atoms with Gasteiger partial charge in [-0.2, -0.15) is 0 Å². The topological polar surface area (TPSA) is 69.3 Å². The highest BCUT2D eigenvalue weighted by molar-refractivity contribution is 5.95. The number of hydrogen-bond donors (Lipinski definition) is 0. The molecule has 0 radical (unpaired) electrons. The Morgan fingerprint density at radius 3 is 2.68 bits per heavy atom. The van der Waals surface area contributed by atoms with Crippen molar-refractivity contribution in [3.63, 3.8) is 0 Å². The summed E-state index contributed by atoms with van der Waals surface area (Å²) in [5, 5.41) is 4.01. The number of carbonyl (C=O) groups is 1. The van der Waals surface area contributed by atoms with Gasteiger partial charge in [0.25, 0.3) is 5.78 Å². The summed E-state index contributed by atoms with van der Waals surface area (Å²) in [5.74, 6) is 0.125. The second kappa shape index (κ2) is 4.49. The molecule has 0 aliphatic rings. The van der Waals surface area contributed by atoms with Gasteiger partial charge in [-0.1, -0.05) is 30.3 Å². The van der Waals surface area contributed by atoms with Crippen LogP contribution in [0.1, 0.15) is 10.4 Å². The number of rotatable bonds is 3. The van der Waals surface area contributed by atoms with Crippen LogP contribution in [-0.2, 0) is 6.54 Å². The van der Waals surface area contributed by atoms with Crippen molar-refractivity contribution >= 4 is 11.6 Å². The van der Waals surface area contributed by atoms with Crippen molar-refractivity contribution in [2.45, 2.75) is 6.54 Å². The zero-order chi connectivity index (χ0) is 13.2. The van der Waals surface area contributed by atoms with Crippen molar-refractivity contribution < 1.29 is 4.79 Å². The summed E-state index contributed by atoms with van der Waals surface area (Å²) >= 11 is 0. The van der Waals surface area contributed by atoms with Gasteiger partial charge in [-0.05, 0) is 6.07 Å². The zero-order valence-electron chi connectivity index (χ0n) is 9.93. The monoisotopic (exact) mass is 254 g/mol. The summed E-state index contributed by atoms with van der Waals surface area (Å²) in [6.45, 7) is -0.0911. The second-order valence-electron chi connectivity index (χ2n) is 4.02. The highest BCUT2D eigenvalue weighted by Gasteiger charge is 2.12. The molecule has 2 aromatic heterocycles. The molecule has 0 spiro atoms. The largest absolute Gasteiger partial charge is 0.352 e. The Hall–Kier alpha value is -2.76. The molecule has 0 atom stereocenters. The third-order valence-corrected chi connectivity index (χ3v) is 2.75. The van der Waals surface area contributed by atoms with Crippen LogP contribution in [-0.4, -0.2) is 24.9 Å². The van der Waals surface area contributed by atoms with Gasteiger partial charge >= 0.3 is 5.69 Å². The first-order valence-electron chi connectivity index (χ1n) is 5.74.